The fourth-order valence-corrected chi connectivity index (χ4v) is 2.74. The van der Waals surface area contributed by atoms with Gasteiger partial charge < -0.3 is 15.2 Å². The van der Waals surface area contributed by atoms with E-state index >= 15 is 0 Å². The Kier molecular flexibility index (Phi) is 5.35. The van der Waals surface area contributed by atoms with Crippen LogP contribution in [0.2, 0.25) is 0 Å². The predicted octanol–water partition coefficient (Wildman–Crippen LogP) is 3.05. The van der Waals surface area contributed by atoms with Crippen LogP contribution in [0.5, 0.6) is 5.75 Å². The van der Waals surface area contributed by atoms with E-state index in [1.165, 1.54) is 12.1 Å². The Labute approximate surface area is 128 Å². The van der Waals surface area contributed by atoms with Crippen LogP contribution in [0.15, 0.2) is 18.2 Å². The Morgan fingerprint density at radius 2 is 2.09 bits per heavy atom. The molecule has 1 saturated carbocycles. The van der Waals surface area contributed by atoms with Crippen LogP contribution >= 0.6 is 0 Å². The number of ether oxygens (including phenoxy) is 1. The first-order valence-electron chi connectivity index (χ1n) is 7.47. The lowest BCUT2D eigenvalue weighted by Crippen LogP contribution is -2.31. The molecule has 1 aliphatic carbocycles. The van der Waals surface area contributed by atoms with E-state index in [4.69, 9.17) is 9.84 Å². The standard InChI is InChI=1S/C16H20FNO4/c1-2-22-12-6-7-14(13(17)9-12)18-15(19)10-4-3-5-11(8-10)16(20)21/h6-7,9-11H,2-5,8H2,1H3,(H,18,19)(H,20,21). The smallest absolute Gasteiger partial charge is 0.306 e. The number of rotatable bonds is 5. The van der Waals surface area contributed by atoms with Crippen LogP contribution in [0.4, 0.5) is 10.1 Å². The molecule has 0 saturated heterocycles. The highest BCUT2D eigenvalue weighted by Crippen LogP contribution is 2.30. The third-order valence-electron chi connectivity index (χ3n) is 3.90. The Morgan fingerprint density at radius 3 is 2.73 bits per heavy atom. The Balaban J connectivity index is 2.01. The lowest BCUT2D eigenvalue weighted by molar-refractivity contribution is -0.143. The molecule has 2 N–H and O–H groups in total. The summed E-state index contributed by atoms with van der Waals surface area (Å²) >= 11 is 0. The van der Waals surface area contributed by atoms with Crippen LogP contribution in [0, 0.1) is 17.7 Å². The molecule has 1 amide bonds. The third-order valence-corrected chi connectivity index (χ3v) is 3.90. The summed E-state index contributed by atoms with van der Waals surface area (Å²) in [7, 11) is 0. The zero-order valence-electron chi connectivity index (χ0n) is 12.5. The first-order chi connectivity index (χ1) is 10.5. The van der Waals surface area contributed by atoms with Gasteiger partial charge in [-0.1, -0.05) is 6.42 Å². The summed E-state index contributed by atoms with van der Waals surface area (Å²) in [6, 6.07) is 4.26. The van der Waals surface area contributed by atoms with Crippen molar-refractivity contribution in [1.29, 1.82) is 0 Å². The molecule has 1 aliphatic rings. The maximum atomic E-state index is 13.9. The highest BCUT2D eigenvalue weighted by Gasteiger charge is 2.31. The van der Waals surface area contributed by atoms with E-state index in [2.05, 4.69) is 5.32 Å². The van der Waals surface area contributed by atoms with Crippen molar-refractivity contribution in [2.24, 2.45) is 11.8 Å². The second kappa shape index (κ2) is 7.24. The third kappa shape index (κ3) is 3.96. The molecule has 0 bridgehead atoms. The van der Waals surface area contributed by atoms with Crippen molar-refractivity contribution in [2.45, 2.75) is 32.6 Å². The van der Waals surface area contributed by atoms with E-state index in [0.29, 0.717) is 38.0 Å². The lowest BCUT2D eigenvalue weighted by Gasteiger charge is -2.25. The number of carbonyl (C=O) groups is 2. The summed E-state index contributed by atoms with van der Waals surface area (Å²) in [4.78, 5) is 23.2. The molecular formula is C16H20FNO4. The quantitative estimate of drug-likeness (QED) is 0.876. The monoisotopic (exact) mass is 309 g/mol. The number of carbonyl (C=O) groups excluding carboxylic acids is 1. The molecular weight excluding hydrogens is 289 g/mol. The van der Waals surface area contributed by atoms with Crippen molar-refractivity contribution in [3.05, 3.63) is 24.0 Å². The molecule has 0 heterocycles. The SMILES string of the molecule is CCOc1ccc(NC(=O)C2CCCC(C(=O)O)C2)c(F)c1. The molecule has 6 heteroatoms. The molecule has 120 valence electrons. The molecule has 2 atom stereocenters. The van der Waals surface area contributed by atoms with Gasteiger partial charge in [-0.3, -0.25) is 9.59 Å². The molecule has 22 heavy (non-hydrogen) atoms. The summed E-state index contributed by atoms with van der Waals surface area (Å²) in [6.45, 7) is 2.24. The molecule has 0 radical (unpaired) electrons. The zero-order chi connectivity index (χ0) is 16.1. The van der Waals surface area contributed by atoms with E-state index in [9.17, 15) is 14.0 Å². The minimum absolute atomic E-state index is 0.0888. The van der Waals surface area contributed by atoms with Crippen LogP contribution in [0.25, 0.3) is 0 Å². The van der Waals surface area contributed by atoms with Gasteiger partial charge in [-0.2, -0.15) is 0 Å². The number of carboxylic acids is 1. The van der Waals surface area contributed by atoms with Crippen molar-refractivity contribution >= 4 is 17.6 Å². The number of amides is 1. The summed E-state index contributed by atoms with van der Waals surface area (Å²) in [6.07, 6.45) is 2.23. The van der Waals surface area contributed by atoms with Crippen molar-refractivity contribution in [2.75, 3.05) is 11.9 Å². The van der Waals surface area contributed by atoms with E-state index in [-0.39, 0.29) is 17.5 Å². The summed E-state index contributed by atoms with van der Waals surface area (Å²) in [5.41, 5.74) is 0.0888. The number of anilines is 1. The van der Waals surface area contributed by atoms with Gasteiger partial charge in [0.05, 0.1) is 18.2 Å². The van der Waals surface area contributed by atoms with Crippen molar-refractivity contribution in [3.8, 4) is 5.75 Å². The molecule has 2 rings (SSSR count). The molecule has 2 unspecified atom stereocenters. The summed E-state index contributed by atoms with van der Waals surface area (Å²) in [5, 5.41) is 11.6. The maximum Gasteiger partial charge on any atom is 0.306 e. The molecule has 1 fully saturated rings. The largest absolute Gasteiger partial charge is 0.494 e. The summed E-state index contributed by atoms with van der Waals surface area (Å²) in [5.74, 6) is -2.24. The van der Waals surface area contributed by atoms with Crippen molar-refractivity contribution < 1.29 is 23.8 Å². The maximum absolute atomic E-state index is 13.9. The van der Waals surface area contributed by atoms with Crippen molar-refractivity contribution in [1.82, 2.24) is 0 Å². The number of hydrogen-bond acceptors (Lipinski definition) is 3. The number of carboxylic acid groups (broad SMARTS) is 1. The first kappa shape index (κ1) is 16.3. The van der Waals surface area contributed by atoms with Gasteiger partial charge in [-0.15, -0.1) is 0 Å². The Bertz CT molecular complexity index is 561. The van der Waals surface area contributed by atoms with Gasteiger partial charge in [0.25, 0.3) is 0 Å². The number of benzene rings is 1. The number of hydrogen-bond donors (Lipinski definition) is 2. The molecule has 5 nitrogen and oxygen atoms in total. The zero-order valence-corrected chi connectivity index (χ0v) is 12.5. The second-order valence-electron chi connectivity index (χ2n) is 5.46. The van der Waals surface area contributed by atoms with Gasteiger partial charge in [-0.05, 0) is 38.3 Å². The molecule has 0 aromatic heterocycles. The highest BCUT2D eigenvalue weighted by atomic mass is 19.1. The average molecular weight is 309 g/mol. The Hall–Kier alpha value is -2.11. The summed E-state index contributed by atoms with van der Waals surface area (Å²) < 4.78 is 19.1. The van der Waals surface area contributed by atoms with Gasteiger partial charge in [-0.25, -0.2) is 4.39 Å². The van der Waals surface area contributed by atoms with Gasteiger partial charge in [0.2, 0.25) is 5.91 Å². The van der Waals surface area contributed by atoms with Gasteiger partial charge in [0, 0.05) is 12.0 Å². The van der Waals surface area contributed by atoms with Gasteiger partial charge in [0.1, 0.15) is 11.6 Å². The first-order valence-corrected chi connectivity index (χ1v) is 7.47. The second-order valence-corrected chi connectivity index (χ2v) is 5.46. The predicted molar refractivity (Wildman–Crippen MR) is 79.3 cm³/mol. The number of halogens is 1. The fraction of sp³-hybridized carbons (Fsp3) is 0.500. The van der Waals surface area contributed by atoms with Crippen LogP contribution in [0.3, 0.4) is 0 Å². The minimum atomic E-state index is -0.871. The highest BCUT2D eigenvalue weighted by molar-refractivity contribution is 5.93. The molecule has 0 spiro atoms. The molecule has 0 aliphatic heterocycles. The fourth-order valence-electron chi connectivity index (χ4n) is 2.74. The van der Waals surface area contributed by atoms with Gasteiger partial charge in [0.15, 0.2) is 0 Å². The van der Waals surface area contributed by atoms with E-state index < -0.39 is 17.7 Å². The average Bonchev–Trinajstić information content (AvgIpc) is 2.50. The van der Waals surface area contributed by atoms with Gasteiger partial charge >= 0.3 is 5.97 Å². The number of nitrogens with one attached hydrogen (secondary N) is 1. The molecule has 1 aromatic carbocycles. The van der Waals surface area contributed by atoms with E-state index in [1.54, 1.807) is 13.0 Å². The normalized spacial score (nSPS) is 21.2. The number of aliphatic carboxylic acids is 1. The van der Waals surface area contributed by atoms with E-state index in [0.717, 1.165) is 0 Å². The van der Waals surface area contributed by atoms with Crippen molar-refractivity contribution in [3.63, 3.8) is 0 Å². The lowest BCUT2D eigenvalue weighted by atomic mass is 9.81. The Morgan fingerprint density at radius 1 is 1.36 bits per heavy atom. The van der Waals surface area contributed by atoms with Crippen LogP contribution in [-0.4, -0.2) is 23.6 Å². The topological polar surface area (TPSA) is 75.6 Å². The van der Waals surface area contributed by atoms with Crippen LogP contribution in [0.1, 0.15) is 32.6 Å². The molecule has 1 aromatic rings. The minimum Gasteiger partial charge on any atom is -0.494 e. The van der Waals surface area contributed by atoms with E-state index in [1.807, 2.05) is 0 Å². The van der Waals surface area contributed by atoms with Crippen LogP contribution < -0.4 is 10.1 Å². The van der Waals surface area contributed by atoms with Crippen LogP contribution in [-0.2, 0) is 9.59 Å².